The van der Waals surface area contributed by atoms with Crippen LogP contribution in [0.5, 0.6) is 5.75 Å². The first-order valence-corrected chi connectivity index (χ1v) is 5.80. The third-order valence-corrected chi connectivity index (χ3v) is 2.76. The largest absolute Gasteiger partial charge is 0.495 e. The minimum absolute atomic E-state index is 0.195. The van der Waals surface area contributed by atoms with E-state index in [1.807, 2.05) is 0 Å². The summed E-state index contributed by atoms with van der Waals surface area (Å²) in [4.78, 5) is 21.6. The highest BCUT2D eigenvalue weighted by atomic mass is 16.6. The average molecular weight is 292 g/mol. The van der Waals surface area contributed by atoms with Gasteiger partial charge in [-0.3, -0.25) is 0 Å². The highest BCUT2D eigenvalue weighted by Crippen LogP contribution is 2.34. The van der Waals surface area contributed by atoms with E-state index in [9.17, 15) is 14.9 Å². The van der Waals surface area contributed by atoms with Gasteiger partial charge in [0.15, 0.2) is 5.69 Å². The van der Waals surface area contributed by atoms with Crippen LogP contribution in [0.15, 0.2) is 24.3 Å². The fourth-order valence-electron chi connectivity index (χ4n) is 1.87. The smallest absolute Gasteiger partial charge is 0.369 e. The van der Waals surface area contributed by atoms with Crippen LogP contribution < -0.4 is 10.1 Å². The standard InChI is InChI=1S/C12H12N4O5/c1-15-11(16(19)20)9(10(14-15)12(17)18)13-7-5-3-4-6-8(7)21-2/h3-6,13H,1-2H3,(H,17,18). The zero-order chi connectivity index (χ0) is 15.6. The number of rotatable bonds is 5. The van der Waals surface area contributed by atoms with Gasteiger partial charge in [0, 0.05) is 0 Å². The van der Waals surface area contributed by atoms with Gasteiger partial charge in [-0.15, -0.1) is 4.68 Å². The Kier molecular flexibility index (Phi) is 3.74. The number of nitrogens with zero attached hydrogens (tertiary/aromatic N) is 3. The van der Waals surface area contributed by atoms with E-state index in [0.29, 0.717) is 11.4 Å². The molecule has 2 rings (SSSR count). The van der Waals surface area contributed by atoms with Crippen LogP contribution in [0.25, 0.3) is 0 Å². The van der Waals surface area contributed by atoms with Crippen LogP contribution in [0, 0.1) is 10.1 Å². The molecule has 2 N–H and O–H groups in total. The Hall–Kier alpha value is -3.10. The molecular weight excluding hydrogens is 280 g/mol. The molecule has 21 heavy (non-hydrogen) atoms. The molecule has 0 amide bonds. The molecule has 0 aliphatic heterocycles. The summed E-state index contributed by atoms with van der Waals surface area (Å²) >= 11 is 0. The van der Waals surface area contributed by atoms with Crippen LogP contribution in [0.4, 0.5) is 17.2 Å². The predicted octanol–water partition coefficient (Wildman–Crippen LogP) is 1.78. The number of nitrogens with one attached hydrogen (secondary N) is 1. The van der Waals surface area contributed by atoms with Crippen molar-refractivity contribution >= 4 is 23.2 Å². The zero-order valence-corrected chi connectivity index (χ0v) is 11.2. The first kappa shape index (κ1) is 14.3. The van der Waals surface area contributed by atoms with Gasteiger partial charge in [-0.2, -0.15) is 0 Å². The molecule has 1 aromatic carbocycles. The number of para-hydroxylation sites is 2. The lowest BCUT2D eigenvalue weighted by molar-refractivity contribution is -0.391. The van der Waals surface area contributed by atoms with Crippen LogP contribution in [-0.4, -0.2) is 32.9 Å². The van der Waals surface area contributed by atoms with E-state index in [2.05, 4.69) is 10.4 Å². The Labute approximate surface area is 118 Å². The van der Waals surface area contributed by atoms with Crippen molar-refractivity contribution in [3.05, 3.63) is 40.1 Å². The summed E-state index contributed by atoms with van der Waals surface area (Å²) in [5.74, 6) is -1.39. The van der Waals surface area contributed by atoms with Crippen molar-refractivity contribution in [1.29, 1.82) is 0 Å². The number of carboxylic acids is 1. The van der Waals surface area contributed by atoms with Gasteiger partial charge in [0.1, 0.15) is 12.8 Å². The minimum atomic E-state index is -1.36. The maximum Gasteiger partial charge on any atom is 0.369 e. The summed E-state index contributed by atoms with van der Waals surface area (Å²) in [5, 5.41) is 26.6. The number of aromatic carboxylic acids is 1. The molecule has 0 bridgehead atoms. The van der Waals surface area contributed by atoms with E-state index in [1.54, 1.807) is 24.3 Å². The third-order valence-electron chi connectivity index (χ3n) is 2.76. The Morgan fingerprint density at radius 2 is 2.14 bits per heavy atom. The molecule has 1 heterocycles. The quantitative estimate of drug-likeness (QED) is 0.636. The minimum Gasteiger partial charge on any atom is -0.495 e. The molecule has 0 aliphatic carbocycles. The van der Waals surface area contributed by atoms with Gasteiger partial charge in [0.05, 0.1) is 12.8 Å². The summed E-state index contributed by atoms with van der Waals surface area (Å²) in [7, 11) is 2.74. The monoisotopic (exact) mass is 292 g/mol. The van der Waals surface area contributed by atoms with Gasteiger partial charge in [-0.1, -0.05) is 17.2 Å². The maximum atomic E-state index is 11.2. The third kappa shape index (κ3) is 2.61. The second kappa shape index (κ2) is 5.49. The molecule has 0 unspecified atom stereocenters. The SMILES string of the molecule is COc1ccccc1Nc1c(C(=O)O)nn(C)c1[N+](=O)[O-]. The number of ether oxygens (including phenoxy) is 1. The second-order valence-corrected chi connectivity index (χ2v) is 4.06. The molecule has 0 atom stereocenters. The second-order valence-electron chi connectivity index (χ2n) is 4.06. The van der Waals surface area contributed by atoms with Crippen molar-refractivity contribution in [2.45, 2.75) is 0 Å². The fraction of sp³-hybridized carbons (Fsp3) is 0.167. The molecule has 0 saturated heterocycles. The van der Waals surface area contributed by atoms with Crippen LogP contribution in [0.2, 0.25) is 0 Å². The summed E-state index contributed by atoms with van der Waals surface area (Å²) < 4.78 is 6.02. The van der Waals surface area contributed by atoms with Crippen molar-refractivity contribution in [2.24, 2.45) is 7.05 Å². The number of benzene rings is 1. The number of aryl methyl sites for hydroxylation is 1. The van der Waals surface area contributed by atoms with Gasteiger partial charge in [-0.25, -0.2) is 4.79 Å². The topological polar surface area (TPSA) is 120 Å². The highest BCUT2D eigenvalue weighted by molar-refractivity contribution is 5.96. The molecule has 0 spiro atoms. The van der Waals surface area contributed by atoms with Crippen LogP contribution >= 0.6 is 0 Å². The predicted molar refractivity (Wildman–Crippen MR) is 73.1 cm³/mol. The number of aromatic nitrogens is 2. The van der Waals surface area contributed by atoms with Gasteiger partial charge < -0.3 is 25.3 Å². The van der Waals surface area contributed by atoms with E-state index < -0.39 is 22.4 Å². The molecule has 2 aromatic rings. The zero-order valence-electron chi connectivity index (χ0n) is 11.2. The average Bonchev–Trinajstić information content (AvgIpc) is 2.76. The first-order chi connectivity index (χ1) is 9.95. The Bertz CT molecular complexity index is 710. The summed E-state index contributed by atoms with van der Waals surface area (Å²) in [5.41, 5.74) is -0.229. The Balaban J connectivity index is 2.57. The maximum absolute atomic E-state index is 11.2. The summed E-state index contributed by atoms with van der Waals surface area (Å²) in [6.45, 7) is 0. The number of carboxylic acid groups (broad SMARTS) is 1. The van der Waals surface area contributed by atoms with E-state index in [-0.39, 0.29) is 5.69 Å². The van der Waals surface area contributed by atoms with Crippen molar-refractivity contribution < 1.29 is 19.6 Å². The number of hydrogen-bond acceptors (Lipinski definition) is 6. The first-order valence-electron chi connectivity index (χ1n) is 5.80. The van der Waals surface area contributed by atoms with E-state index in [0.717, 1.165) is 4.68 Å². The van der Waals surface area contributed by atoms with E-state index in [1.165, 1.54) is 14.2 Å². The number of nitro groups is 1. The lowest BCUT2D eigenvalue weighted by Crippen LogP contribution is -2.03. The highest BCUT2D eigenvalue weighted by Gasteiger charge is 2.30. The number of hydrogen-bond donors (Lipinski definition) is 2. The normalized spacial score (nSPS) is 10.2. The van der Waals surface area contributed by atoms with Crippen molar-refractivity contribution in [3.63, 3.8) is 0 Å². The van der Waals surface area contributed by atoms with Gasteiger partial charge in [0.25, 0.3) is 0 Å². The number of carbonyl (C=O) groups is 1. The van der Waals surface area contributed by atoms with Crippen LogP contribution in [0.1, 0.15) is 10.5 Å². The molecule has 0 saturated carbocycles. The number of methoxy groups -OCH3 is 1. The molecule has 110 valence electrons. The fourth-order valence-corrected chi connectivity index (χ4v) is 1.87. The Morgan fingerprint density at radius 3 is 2.71 bits per heavy atom. The Morgan fingerprint density at radius 1 is 1.48 bits per heavy atom. The van der Waals surface area contributed by atoms with E-state index >= 15 is 0 Å². The molecule has 0 aliphatic rings. The molecule has 0 fully saturated rings. The van der Waals surface area contributed by atoms with Crippen molar-refractivity contribution in [2.75, 3.05) is 12.4 Å². The van der Waals surface area contributed by atoms with Crippen LogP contribution in [0.3, 0.4) is 0 Å². The van der Waals surface area contributed by atoms with Crippen LogP contribution in [-0.2, 0) is 7.05 Å². The van der Waals surface area contributed by atoms with Gasteiger partial charge in [0.2, 0.25) is 5.69 Å². The lowest BCUT2D eigenvalue weighted by atomic mass is 10.2. The molecule has 9 heteroatoms. The number of anilines is 2. The van der Waals surface area contributed by atoms with Crippen molar-refractivity contribution in [1.82, 2.24) is 9.78 Å². The van der Waals surface area contributed by atoms with Gasteiger partial charge >= 0.3 is 11.8 Å². The summed E-state index contributed by atoms with van der Waals surface area (Å²) in [6, 6.07) is 6.67. The van der Waals surface area contributed by atoms with E-state index in [4.69, 9.17) is 9.84 Å². The lowest BCUT2D eigenvalue weighted by Gasteiger charge is -2.09. The molecule has 0 radical (unpaired) electrons. The molecular formula is C12H12N4O5. The molecule has 1 aromatic heterocycles. The summed E-state index contributed by atoms with van der Waals surface area (Å²) in [6.07, 6.45) is 0. The van der Waals surface area contributed by atoms with Crippen molar-refractivity contribution in [3.8, 4) is 5.75 Å². The van der Waals surface area contributed by atoms with Gasteiger partial charge in [-0.05, 0) is 17.1 Å². The molecule has 9 nitrogen and oxygen atoms in total.